The third-order valence-corrected chi connectivity index (χ3v) is 3.33. The van der Waals surface area contributed by atoms with Crippen LogP contribution in [0, 0.1) is 20.8 Å². The van der Waals surface area contributed by atoms with E-state index < -0.39 is 8.69 Å². The number of carbonyl (C=O) groups is 1. The SMILES string of the molecule is Cc1cccc(C)c1C.O=Cc1ccccc1OP=O. The van der Waals surface area contributed by atoms with E-state index in [0.29, 0.717) is 17.6 Å². The highest BCUT2D eigenvalue weighted by Crippen LogP contribution is 2.18. The predicted octanol–water partition coefficient (Wildman–Crippen LogP) is 4.70. The molecule has 0 saturated carbocycles. The van der Waals surface area contributed by atoms with Gasteiger partial charge in [0.1, 0.15) is 5.75 Å². The Morgan fingerprint density at radius 3 is 2.05 bits per heavy atom. The maximum atomic E-state index is 10.3. The van der Waals surface area contributed by atoms with Gasteiger partial charge >= 0.3 is 8.69 Å². The third-order valence-electron chi connectivity index (χ3n) is 3.06. The highest BCUT2D eigenvalue weighted by Gasteiger charge is 1.99. The number of hydrogen-bond acceptors (Lipinski definition) is 3. The minimum atomic E-state index is -0.449. The Bertz CT molecular complexity index is 574. The van der Waals surface area contributed by atoms with Crippen LogP contribution in [0.2, 0.25) is 0 Å². The molecule has 0 radical (unpaired) electrons. The second kappa shape index (κ2) is 8.23. The van der Waals surface area contributed by atoms with E-state index in [4.69, 9.17) is 0 Å². The Morgan fingerprint density at radius 1 is 0.950 bits per heavy atom. The van der Waals surface area contributed by atoms with Crippen molar-refractivity contribution in [2.75, 3.05) is 0 Å². The molecule has 2 rings (SSSR count). The lowest BCUT2D eigenvalue weighted by molar-refractivity contribution is 0.112. The van der Waals surface area contributed by atoms with Crippen LogP contribution < -0.4 is 4.52 Å². The van der Waals surface area contributed by atoms with Gasteiger partial charge in [-0.2, -0.15) is 0 Å². The zero-order valence-electron chi connectivity index (χ0n) is 11.8. The topological polar surface area (TPSA) is 43.4 Å². The largest absolute Gasteiger partial charge is 0.407 e. The molecule has 104 valence electrons. The van der Waals surface area contributed by atoms with Gasteiger partial charge in [0, 0.05) is 0 Å². The number of benzene rings is 2. The fourth-order valence-corrected chi connectivity index (χ4v) is 1.85. The summed E-state index contributed by atoms with van der Waals surface area (Å²) in [6.07, 6.45) is 0.653. The van der Waals surface area contributed by atoms with E-state index in [0.717, 1.165) is 0 Å². The summed E-state index contributed by atoms with van der Waals surface area (Å²) >= 11 is 0. The molecule has 0 aliphatic rings. The average molecular weight is 288 g/mol. The van der Waals surface area contributed by atoms with Gasteiger partial charge in [0.25, 0.3) is 0 Å². The Balaban J connectivity index is 0.000000204. The summed E-state index contributed by atoms with van der Waals surface area (Å²) in [5.74, 6) is 0.333. The van der Waals surface area contributed by atoms with Crippen LogP contribution >= 0.6 is 8.69 Å². The van der Waals surface area contributed by atoms with Crippen molar-refractivity contribution in [1.82, 2.24) is 0 Å². The first-order valence-corrected chi connectivity index (χ1v) is 6.90. The molecule has 2 aromatic carbocycles. The lowest BCUT2D eigenvalue weighted by atomic mass is 10.1. The Kier molecular flexibility index (Phi) is 6.61. The van der Waals surface area contributed by atoms with Gasteiger partial charge < -0.3 is 4.52 Å². The van der Waals surface area contributed by atoms with Crippen LogP contribution in [0.1, 0.15) is 27.0 Å². The number of aldehydes is 1. The number of para-hydroxylation sites is 1. The number of aryl methyl sites for hydroxylation is 2. The summed E-state index contributed by atoms with van der Waals surface area (Å²) in [4.78, 5) is 10.3. The van der Waals surface area contributed by atoms with Gasteiger partial charge in [0.2, 0.25) is 0 Å². The van der Waals surface area contributed by atoms with Crippen molar-refractivity contribution in [2.24, 2.45) is 0 Å². The number of rotatable bonds is 3. The van der Waals surface area contributed by atoms with Crippen molar-refractivity contribution in [2.45, 2.75) is 20.8 Å². The zero-order valence-corrected chi connectivity index (χ0v) is 12.7. The molecule has 0 bridgehead atoms. The first-order valence-electron chi connectivity index (χ1n) is 6.17. The summed E-state index contributed by atoms with van der Waals surface area (Å²) in [7, 11) is -0.449. The number of hydrogen-bond donors (Lipinski definition) is 0. The van der Waals surface area contributed by atoms with Crippen molar-refractivity contribution in [1.29, 1.82) is 0 Å². The van der Waals surface area contributed by atoms with E-state index in [1.54, 1.807) is 24.3 Å². The van der Waals surface area contributed by atoms with Gasteiger partial charge in [-0.25, -0.2) is 4.57 Å². The predicted molar refractivity (Wildman–Crippen MR) is 80.7 cm³/mol. The molecule has 0 saturated heterocycles. The van der Waals surface area contributed by atoms with E-state index in [9.17, 15) is 9.36 Å². The summed E-state index contributed by atoms with van der Waals surface area (Å²) in [5.41, 5.74) is 4.58. The fraction of sp³-hybridized carbons (Fsp3) is 0.188. The van der Waals surface area contributed by atoms with E-state index in [1.165, 1.54) is 16.7 Å². The molecule has 3 nitrogen and oxygen atoms in total. The van der Waals surface area contributed by atoms with Crippen LogP contribution in [0.25, 0.3) is 0 Å². The molecule has 0 heterocycles. The van der Waals surface area contributed by atoms with Gasteiger partial charge in [-0.15, -0.1) is 0 Å². The smallest absolute Gasteiger partial charge is 0.395 e. The Labute approximate surface area is 120 Å². The molecule has 0 fully saturated rings. The van der Waals surface area contributed by atoms with E-state index in [1.807, 2.05) is 0 Å². The average Bonchev–Trinajstić information content (AvgIpc) is 2.46. The highest BCUT2D eigenvalue weighted by atomic mass is 31.1. The molecule has 0 amide bonds. The van der Waals surface area contributed by atoms with Crippen molar-refractivity contribution >= 4 is 15.0 Å². The van der Waals surface area contributed by atoms with Gasteiger partial charge in [0.05, 0.1) is 5.56 Å². The quantitative estimate of drug-likeness (QED) is 0.607. The van der Waals surface area contributed by atoms with E-state index >= 15 is 0 Å². The standard InChI is InChI=1S/C9H12.C7H5O3P/c1-7-5-4-6-8(2)9(7)3;8-5-6-3-1-2-4-7(6)10-11-9/h4-6H,1-3H3;1-5H. The van der Waals surface area contributed by atoms with Crippen molar-refractivity contribution in [3.05, 3.63) is 64.7 Å². The minimum absolute atomic E-state index is 0.333. The Morgan fingerprint density at radius 2 is 1.55 bits per heavy atom. The first kappa shape index (κ1) is 16.1. The maximum Gasteiger partial charge on any atom is 0.395 e. The molecular weight excluding hydrogens is 271 g/mol. The molecule has 0 aliphatic heterocycles. The second-order valence-corrected chi connectivity index (χ2v) is 4.67. The van der Waals surface area contributed by atoms with Crippen LogP contribution in [0.3, 0.4) is 0 Å². The molecule has 0 aromatic heterocycles. The van der Waals surface area contributed by atoms with Crippen molar-refractivity contribution < 1.29 is 13.9 Å². The fourth-order valence-electron chi connectivity index (χ4n) is 1.60. The van der Waals surface area contributed by atoms with Crippen LogP contribution in [0.5, 0.6) is 5.75 Å². The molecule has 0 N–H and O–H groups in total. The zero-order chi connectivity index (χ0) is 15.0. The van der Waals surface area contributed by atoms with Gasteiger partial charge in [-0.05, 0) is 49.6 Å². The molecule has 4 heteroatoms. The van der Waals surface area contributed by atoms with E-state index in [2.05, 4.69) is 43.5 Å². The van der Waals surface area contributed by atoms with Crippen LogP contribution in [-0.2, 0) is 4.57 Å². The van der Waals surface area contributed by atoms with E-state index in [-0.39, 0.29) is 0 Å². The summed E-state index contributed by atoms with van der Waals surface area (Å²) in [6, 6.07) is 13.0. The highest BCUT2D eigenvalue weighted by molar-refractivity contribution is 7.17. The molecule has 0 atom stereocenters. The Hall–Kier alpha value is -1.99. The van der Waals surface area contributed by atoms with Crippen LogP contribution in [-0.4, -0.2) is 6.29 Å². The lowest BCUT2D eigenvalue weighted by Gasteiger charge is -2.00. The molecule has 2 aromatic rings. The summed E-state index contributed by atoms with van der Waals surface area (Å²) in [6.45, 7) is 6.44. The molecule has 0 spiro atoms. The van der Waals surface area contributed by atoms with Gasteiger partial charge in [-0.3, -0.25) is 4.79 Å². The molecule has 20 heavy (non-hydrogen) atoms. The normalized spacial score (nSPS) is 9.55. The second-order valence-electron chi connectivity index (χ2n) is 4.34. The molecule has 0 unspecified atom stereocenters. The van der Waals surface area contributed by atoms with Gasteiger partial charge in [-0.1, -0.05) is 30.3 Å². The first-order chi connectivity index (χ1) is 9.60. The summed E-state index contributed by atoms with van der Waals surface area (Å²) in [5, 5.41) is 0. The third kappa shape index (κ3) is 4.60. The lowest BCUT2D eigenvalue weighted by Crippen LogP contribution is -1.83. The molecular formula is C16H17O3P. The maximum absolute atomic E-state index is 10.3. The molecule has 0 aliphatic carbocycles. The monoisotopic (exact) mass is 288 g/mol. The van der Waals surface area contributed by atoms with Crippen LogP contribution in [0.4, 0.5) is 0 Å². The number of carbonyl (C=O) groups excluding carboxylic acids is 1. The summed E-state index contributed by atoms with van der Waals surface area (Å²) < 4.78 is 14.6. The van der Waals surface area contributed by atoms with Gasteiger partial charge in [0.15, 0.2) is 6.29 Å². The van der Waals surface area contributed by atoms with Crippen LogP contribution in [0.15, 0.2) is 42.5 Å². The van der Waals surface area contributed by atoms with Crippen molar-refractivity contribution in [3.63, 3.8) is 0 Å². The van der Waals surface area contributed by atoms with Crippen molar-refractivity contribution in [3.8, 4) is 5.75 Å². The minimum Gasteiger partial charge on any atom is -0.407 e.